The molecule has 0 amide bonds. The Morgan fingerprint density at radius 3 is 3.00 bits per heavy atom. The summed E-state index contributed by atoms with van der Waals surface area (Å²) in [5, 5.41) is 19.2. The Labute approximate surface area is 69.5 Å². The molecule has 11 heavy (non-hydrogen) atoms. The van der Waals surface area contributed by atoms with Gasteiger partial charge in [-0.15, -0.1) is 11.8 Å². The molecule has 0 saturated heterocycles. The van der Waals surface area contributed by atoms with Crippen LogP contribution in [0.25, 0.3) is 0 Å². The van der Waals surface area contributed by atoms with Gasteiger partial charge in [-0.3, -0.25) is 4.99 Å². The maximum absolute atomic E-state index is 9.47. The second kappa shape index (κ2) is 2.77. The molecule has 1 aliphatic heterocycles. The van der Waals surface area contributed by atoms with Crippen molar-refractivity contribution in [1.82, 2.24) is 0 Å². The number of thioether (sulfide) groups is 1. The molecular weight excluding hydrogens is 162 g/mol. The van der Waals surface area contributed by atoms with Gasteiger partial charge in [0.2, 0.25) is 0 Å². The molecule has 4 heteroatoms. The number of nitrogens with zero attached hydrogens (tertiary/aromatic N) is 1. The van der Waals surface area contributed by atoms with E-state index in [1.54, 1.807) is 17.3 Å². The van der Waals surface area contributed by atoms with Crippen molar-refractivity contribution in [1.29, 1.82) is 0 Å². The third kappa shape index (κ3) is 1.19. The first-order valence-corrected chi connectivity index (χ1v) is 4.76. The van der Waals surface area contributed by atoms with E-state index in [1.165, 1.54) is 0 Å². The van der Waals surface area contributed by atoms with Crippen molar-refractivity contribution in [3.63, 3.8) is 0 Å². The van der Waals surface area contributed by atoms with Crippen LogP contribution in [0.3, 0.4) is 0 Å². The maximum Gasteiger partial charge on any atom is 0.103 e. The summed E-state index contributed by atoms with van der Waals surface area (Å²) >= 11 is 1.67. The van der Waals surface area contributed by atoms with E-state index in [4.69, 9.17) is 0 Å². The fourth-order valence-electron chi connectivity index (χ4n) is 1.64. The molecule has 2 aliphatic rings. The summed E-state index contributed by atoms with van der Waals surface area (Å²) in [6, 6.07) is -0.0521. The van der Waals surface area contributed by atoms with E-state index >= 15 is 0 Å². The summed E-state index contributed by atoms with van der Waals surface area (Å²) in [7, 11) is 0. The minimum Gasteiger partial charge on any atom is -0.390 e. The highest BCUT2D eigenvalue weighted by molar-refractivity contribution is 8.12. The van der Waals surface area contributed by atoms with Gasteiger partial charge in [-0.05, 0) is 12.8 Å². The first-order chi connectivity index (χ1) is 5.29. The summed E-state index contributed by atoms with van der Waals surface area (Å²) in [6.45, 7) is 0. The predicted molar refractivity (Wildman–Crippen MR) is 44.9 cm³/mol. The molecule has 0 radical (unpaired) electrons. The topological polar surface area (TPSA) is 52.8 Å². The number of aliphatic hydroxyl groups excluding tert-OH is 2. The zero-order chi connectivity index (χ0) is 7.84. The van der Waals surface area contributed by atoms with Gasteiger partial charge in [-0.2, -0.15) is 0 Å². The molecule has 0 spiro atoms. The molecule has 1 saturated carbocycles. The van der Waals surface area contributed by atoms with Crippen molar-refractivity contribution in [3.05, 3.63) is 0 Å². The summed E-state index contributed by atoms with van der Waals surface area (Å²) in [5.74, 6) is 0. The Balaban J connectivity index is 2.11. The highest BCUT2D eigenvalue weighted by atomic mass is 32.2. The van der Waals surface area contributed by atoms with Gasteiger partial charge in [0.25, 0.3) is 0 Å². The highest BCUT2D eigenvalue weighted by Crippen LogP contribution is 2.34. The van der Waals surface area contributed by atoms with Crippen LogP contribution in [0, 0.1) is 0 Å². The molecule has 0 aromatic rings. The van der Waals surface area contributed by atoms with E-state index in [-0.39, 0.29) is 6.04 Å². The number of hydrogen-bond donors (Lipinski definition) is 2. The summed E-state index contributed by atoms with van der Waals surface area (Å²) in [5.41, 5.74) is 1.79. The molecule has 0 aromatic carbocycles. The molecule has 1 heterocycles. The zero-order valence-corrected chi connectivity index (χ0v) is 6.87. The van der Waals surface area contributed by atoms with Gasteiger partial charge in [-0.25, -0.2) is 0 Å². The monoisotopic (exact) mass is 173 g/mol. The summed E-state index contributed by atoms with van der Waals surface area (Å²) in [4.78, 5) is 4.12. The van der Waals surface area contributed by atoms with E-state index in [9.17, 15) is 10.2 Å². The zero-order valence-electron chi connectivity index (χ0n) is 6.05. The molecule has 1 fully saturated rings. The normalized spacial score (nSPS) is 49.3. The number of aliphatic imine (C=N–C) groups is 1. The van der Waals surface area contributed by atoms with Gasteiger partial charge >= 0.3 is 0 Å². The quantitative estimate of drug-likeness (QED) is 0.542. The third-order valence-corrected chi connectivity index (χ3v) is 3.45. The van der Waals surface area contributed by atoms with E-state index in [1.807, 2.05) is 0 Å². The Morgan fingerprint density at radius 1 is 1.36 bits per heavy atom. The van der Waals surface area contributed by atoms with Crippen LogP contribution in [-0.2, 0) is 0 Å². The van der Waals surface area contributed by atoms with Crippen LogP contribution < -0.4 is 0 Å². The lowest BCUT2D eigenvalue weighted by Gasteiger charge is -2.31. The van der Waals surface area contributed by atoms with Crippen LogP contribution in [0.2, 0.25) is 0 Å². The maximum atomic E-state index is 9.47. The van der Waals surface area contributed by atoms with Gasteiger partial charge in [0.15, 0.2) is 0 Å². The lowest BCUT2D eigenvalue weighted by molar-refractivity contribution is -0.0170. The number of rotatable bonds is 0. The second-order valence-electron chi connectivity index (χ2n) is 3.05. The highest BCUT2D eigenvalue weighted by Gasteiger charge is 2.39. The molecule has 0 aromatic heterocycles. The minimum absolute atomic E-state index is 0.0521. The Kier molecular flexibility index (Phi) is 1.91. The van der Waals surface area contributed by atoms with Gasteiger partial charge in [-0.1, -0.05) is 0 Å². The van der Waals surface area contributed by atoms with E-state index in [0.29, 0.717) is 11.7 Å². The minimum atomic E-state index is -0.639. The lowest BCUT2D eigenvalue weighted by atomic mass is 9.90. The van der Waals surface area contributed by atoms with E-state index in [2.05, 4.69) is 4.99 Å². The van der Waals surface area contributed by atoms with Crippen LogP contribution in [0.5, 0.6) is 0 Å². The summed E-state index contributed by atoms with van der Waals surface area (Å²) < 4.78 is 0. The van der Waals surface area contributed by atoms with Crippen molar-refractivity contribution in [2.75, 3.05) is 0 Å². The molecule has 0 bridgehead atoms. The fraction of sp³-hybridized carbons (Fsp3) is 0.857. The Bertz CT molecular complexity index is 185. The van der Waals surface area contributed by atoms with Crippen LogP contribution >= 0.6 is 11.8 Å². The number of hydrogen-bond acceptors (Lipinski definition) is 4. The number of aliphatic hydroxyl groups is 2. The molecule has 3 nitrogen and oxygen atoms in total. The number of fused-ring (bicyclic) bond motifs is 1. The van der Waals surface area contributed by atoms with Gasteiger partial charge in [0.1, 0.15) is 6.10 Å². The van der Waals surface area contributed by atoms with Crippen LogP contribution in [-0.4, -0.2) is 39.3 Å². The first-order valence-electron chi connectivity index (χ1n) is 3.82. The first kappa shape index (κ1) is 7.58. The van der Waals surface area contributed by atoms with Gasteiger partial charge in [0.05, 0.1) is 17.7 Å². The lowest BCUT2D eigenvalue weighted by Crippen LogP contribution is -2.45. The molecule has 62 valence electrons. The van der Waals surface area contributed by atoms with Crippen LogP contribution in [0.1, 0.15) is 12.8 Å². The smallest absolute Gasteiger partial charge is 0.103 e. The van der Waals surface area contributed by atoms with E-state index < -0.39 is 12.2 Å². The van der Waals surface area contributed by atoms with E-state index in [0.717, 1.165) is 6.42 Å². The molecule has 2 rings (SSSR count). The second-order valence-corrected chi connectivity index (χ2v) is 4.14. The molecule has 1 aliphatic carbocycles. The standard InChI is InChI=1S/C7H11NO2S/c9-4-1-2-5-6(7(4)10)8-3-11-5/h3-7,9-10H,1-2H2. The SMILES string of the molecule is OC1CCC2SC=NC2C1O. The van der Waals surface area contributed by atoms with Crippen LogP contribution in [0.4, 0.5) is 0 Å². The third-order valence-electron chi connectivity index (χ3n) is 2.34. The Hall–Kier alpha value is -0.0600. The van der Waals surface area contributed by atoms with Crippen molar-refractivity contribution in [2.45, 2.75) is 36.3 Å². The summed E-state index contributed by atoms with van der Waals surface area (Å²) in [6.07, 6.45) is 0.471. The van der Waals surface area contributed by atoms with Crippen molar-refractivity contribution in [3.8, 4) is 0 Å². The molecule has 2 N–H and O–H groups in total. The van der Waals surface area contributed by atoms with Crippen molar-refractivity contribution in [2.24, 2.45) is 4.99 Å². The Morgan fingerprint density at radius 2 is 2.18 bits per heavy atom. The largest absolute Gasteiger partial charge is 0.390 e. The molecular formula is C7H11NO2S. The van der Waals surface area contributed by atoms with Crippen molar-refractivity contribution < 1.29 is 10.2 Å². The van der Waals surface area contributed by atoms with Gasteiger partial charge < -0.3 is 10.2 Å². The van der Waals surface area contributed by atoms with Crippen molar-refractivity contribution >= 4 is 17.3 Å². The molecule has 4 atom stereocenters. The average molecular weight is 173 g/mol. The fourth-order valence-corrected chi connectivity index (χ4v) is 2.67. The predicted octanol–water partition coefficient (Wildman–Crippen LogP) is 0.0143. The molecule has 4 unspecified atom stereocenters. The average Bonchev–Trinajstić information content (AvgIpc) is 2.45. The van der Waals surface area contributed by atoms with Crippen LogP contribution in [0.15, 0.2) is 4.99 Å². The van der Waals surface area contributed by atoms with Gasteiger partial charge in [0, 0.05) is 5.25 Å².